The molecule has 1 heterocycles. The molecule has 0 aliphatic carbocycles. The molecule has 2 rings (SSSR count). The van der Waals surface area contributed by atoms with E-state index in [4.69, 9.17) is 16.3 Å². The van der Waals surface area contributed by atoms with E-state index in [0.717, 1.165) is 0 Å². The molecule has 0 saturated carbocycles. The van der Waals surface area contributed by atoms with Crippen LogP contribution in [0, 0.1) is 11.3 Å². The fourth-order valence-electron chi connectivity index (χ4n) is 2.32. The van der Waals surface area contributed by atoms with Gasteiger partial charge in [-0.15, -0.1) is 0 Å². The summed E-state index contributed by atoms with van der Waals surface area (Å²) in [7, 11) is 0. The van der Waals surface area contributed by atoms with E-state index in [1.807, 2.05) is 11.0 Å². The topological polar surface area (TPSA) is 85.7 Å². The van der Waals surface area contributed by atoms with Crippen molar-refractivity contribution in [2.45, 2.75) is 6.92 Å². The number of piperazine rings is 1. The average molecular weight is 363 g/mol. The molecule has 1 saturated heterocycles. The van der Waals surface area contributed by atoms with Gasteiger partial charge in [-0.2, -0.15) is 5.26 Å². The van der Waals surface area contributed by atoms with E-state index < -0.39 is 5.91 Å². The maximum absolute atomic E-state index is 12.3. The smallest absolute Gasteiger partial charge is 0.409 e. The van der Waals surface area contributed by atoms with E-state index in [2.05, 4.69) is 5.32 Å². The molecule has 1 aromatic carbocycles. The summed E-state index contributed by atoms with van der Waals surface area (Å²) in [6, 6.07) is 8.71. The molecule has 1 N–H and O–H groups in total. The number of halogens is 1. The fourth-order valence-corrected chi connectivity index (χ4v) is 2.50. The van der Waals surface area contributed by atoms with E-state index in [0.29, 0.717) is 43.5 Å². The highest BCUT2D eigenvalue weighted by Crippen LogP contribution is 2.21. The molecular weight excluding hydrogens is 344 g/mol. The van der Waals surface area contributed by atoms with Gasteiger partial charge in [0.05, 0.1) is 17.3 Å². The Morgan fingerprint density at radius 3 is 2.60 bits per heavy atom. The summed E-state index contributed by atoms with van der Waals surface area (Å²) in [6.45, 7) is 4.07. The lowest BCUT2D eigenvalue weighted by molar-refractivity contribution is -0.112. The van der Waals surface area contributed by atoms with Crippen LogP contribution in [0.4, 0.5) is 10.5 Å². The molecule has 1 aliphatic rings. The van der Waals surface area contributed by atoms with Crippen molar-refractivity contribution in [3.63, 3.8) is 0 Å². The average Bonchev–Trinajstić information content (AvgIpc) is 2.62. The highest BCUT2D eigenvalue weighted by molar-refractivity contribution is 6.33. The third-order valence-corrected chi connectivity index (χ3v) is 3.97. The van der Waals surface area contributed by atoms with Gasteiger partial charge in [-0.3, -0.25) is 4.79 Å². The third-order valence-electron chi connectivity index (χ3n) is 3.64. The molecule has 0 unspecified atom stereocenters. The number of rotatable bonds is 4. The Labute approximate surface area is 151 Å². The number of benzene rings is 1. The normalized spacial score (nSPS) is 14.7. The molecule has 0 bridgehead atoms. The van der Waals surface area contributed by atoms with Gasteiger partial charge >= 0.3 is 6.09 Å². The van der Waals surface area contributed by atoms with E-state index in [1.165, 1.54) is 6.20 Å². The number of amides is 2. The number of hydrogen-bond acceptors (Lipinski definition) is 5. The maximum atomic E-state index is 12.3. The zero-order valence-electron chi connectivity index (χ0n) is 13.9. The van der Waals surface area contributed by atoms with Crippen LogP contribution in [-0.4, -0.2) is 54.6 Å². The number of nitrogens with zero attached hydrogens (tertiary/aromatic N) is 3. The van der Waals surface area contributed by atoms with Gasteiger partial charge in [0, 0.05) is 32.4 Å². The Balaban J connectivity index is 1.97. The van der Waals surface area contributed by atoms with Crippen LogP contribution < -0.4 is 5.32 Å². The van der Waals surface area contributed by atoms with E-state index in [-0.39, 0.29) is 11.7 Å². The van der Waals surface area contributed by atoms with Gasteiger partial charge in [-0.05, 0) is 19.1 Å². The van der Waals surface area contributed by atoms with E-state index in [1.54, 1.807) is 36.1 Å². The first kappa shape index (κ1) is 18.6. The predicted octanol–water partition coefficient (Wildman–Crippen LogP) is 2.46. The highest BCUT2D eigenvalue weighted by atomic mass is 35.5. The molecule has 0 aromatic heterocycles. The molecule has 0 spiro atoms. The van der Waals surface area contributed by atoms with Crippen LogP contribution in [0.3, 0.4) is 0 Å². The van der Waals surface area contributed by atoms with Crippen LogP contribution in [0.15, 0.2) is 36.0 Å². The molecule has 0 radical (unpaired) electrons. The van der Waals surface area contributed by atoms with Gasteiger partial charge in [0.15, 0.2) is 0 Å². The summed E-state index contributed by atoms with van der Waals surface area (Å²) in [6.07, 6.45) is 1.16. The Morgan fingerprint density at radius 1 is 1.32 bits per heavy atom. The van der Waals surface area contributed by atoms with Crippen molar-refractivity contribution in [2.75, 3.05) is 38.1 Å². The number of para-hydroxylation sites is 1. The van der Waals surface area contributed by atoms with Crippen LogP contribution in [0.2, 0.25) is 5.02 Å². The lowest BCUT2D eigenvalue weighted by Crippen LogP contribution is -2.47. The Hall–Kier alpha value is -2.72. The summed E-state index contributed by atoms with van der Waals surface area (Å²) >= 11 is 6.00. The lowest BCUT2D eigenvalue weighted by atomic mass is 10.2. The van der Waals surface area contributed by atoms with Crippen molar-refractivity contribution < 1.29 is 14.3 Å². The molecule has 8 heteroatoms. The first-order valence-electron chi connectivity index (χ1n) is 7.88. The van der Waals surface area contributed by atoms with E-state index in [9.17, 15) is 14.9 Å². The van der Waals surface area contributed by atoms with Crippen LogP contribution in [-0.2, 0) is 9.53 Å². The molecule has 1 fully saturated rings. The third kappa shape index (κ3) is 5.13. The van der Waals surface area contributed by atoms with Gasteiger partial charge in [-0.1, -0.05) is 23.7 Å². The minimum absolute atomic E-state index is 0.0236. The second-order valence-electron chi connectivity index (χ2n) is 5.31. The maximum Gasteiger partial charge on any atom is 0.409 e. The number of nitrogens with one attached hydrogen (secondary N) is 1. The second kappa shape index (κ2) is 8.94. The molecule has 132 valence electrons. The van der Waals surface area contributed by atoms with Gasteiger partial charge in [0.1, 0.15) is 11.6 Å². The Morgan fingerprint density at radius 2 is 2.00 bits per heavy atom. The predicted molar refractivity (Wildman–Crippen MR) is 93.9 cm³/mol. The zero-order valence-corrected chi connectivity index (χ0v) is 14.6. The van der Waals surface area contributed by atoms with Gasteiger partial charge in [-0.25, -0.2) is 4.79 Å². The van der Waals surface area contributed by atoms with Crippen molar-refractivity contribution in [1.29, 1.82) is 5.26 Å². The molecule has 1 aromatic rings. The lowest BCUT2D eigenvalue weighted by Gasteiger charge is -2.33. The van der Waals surface area contributed by atoms with Gasteiger partial charge in [0.2, 0.25) is 0 Å². The number of anilines is 1. The SMILES string of the molecule is CCOC(=O)N1CCN(/C=C(/C#N)C(=O)Nc2ccccc2Cl)CC1. The molecule has 2 amide bonds. The summed E-state index contributed by atoms with van der Waals surface area (Å²) in [5.74, 6) is -0.525. The number of ether oxygens (including phenoxy) is 1. The zero-order chi connectivity index (χ0) is 18.2. The van der Waals surface area contributed by atoms with E-state index >= 15 is 0 Å². The monoisotopic (exact) mass is 362 g/mol. The van der Waals surface area contributed by atoms with Crippen LogP contribution >= 0.6 is 11.6 Å². The van der Waals surface area contributed by atoms with Crippen LogP contribution in [0.1, 0.15) is 6.92 Å². The minimum atomic E-state index is -0.525. The van der Waals surface area contributed by atoms with Crippen molar-refractivity contribution in [1.82, 2.24) is 9.80 Å². The molecular formula is C17H19ClN4O3. The Bertz CT molecular complexity index is 706. The minimum Gasteiger partial charge on any atom is -0.450 e. The fraction of sp³-hybridized carbons (Fsp3) is 0.353. The first-order valence-corrected chi connectivity index (χ1v) is 8.26. The standard InChI is InChI=1S/C17H19ClN4O3/c1-2-25-17(24)22-9-7-21(8-10-22)12-13(11-19)16(23)20-15-6-4-3-5-14(15)18/h3-6,12H,2,7-10H2,1H3,(H,20,23)/b13-12-. The second-order valence-corrected chi connectivity index (χ2v) is 5.72. The summed E-state index contributed by atoms with van der Waals surface area (Å²) < 4.78 is 4.96. The molecule has 7 nitrogen and oxygen atoms in total. The van der Waals surface area contributed by atoms with Gasteiger partial charge < -0.3 is 19.9 Å². The molecule has 25 heavy (non-hydrogen) atoms. The number of carbonyl (C=O) groups is 2. The number of carbonyl (C=O) groups excluding carboxylic acids is 2. The van der Waals surface area contributed by atoms with Crippen molar-refractivity contribution in [2.24, 2.45) is 0 Å². The number of nitriles is 1. The van der Waals surface area contributed by atoms with Crippen LogP contribution in [0.25, 0.3) is 0 Å². The summed E-state index contributed by atoms with van der Waals surface area (Å²) in [5.41, 5.74) is 0.423. The Kier molecular flexibility index (Phi) is 6.66. The summed E-state index contributed by atoms with van der Waals surface area (Å²) in [4.78, 5) is 27.4. The van der Waals surface area contributed by atoms with Crippen LogP contribution in [0.5, 0.6) is 0 Å². The molecule has 1 aliphatic heterocycles. The first-order chi connectivity index (χ1) is 12.0. The van der Waals surface area contributed by atoms with Crippen molar-refractivity contribution in [3.05, 3.63) is 41.1 Å². The summed E-state index contributed by atoms with van der Waals surface area (Å²) in [5, 5.41) is 12.3. The molecule has 0 atom stereocenters. The van der Waals surface area contributed by atoms with Crippen molar-refractivity contribution >= 4 is 29.3 Å². The van der Waals surface area contributed by atoms with Gasteiger partial charge in [0.25, 0.3) is 5.91 Å². The highest BCUT2D eigenvalue weighted by Gasteiger charge is 2.21. The van der Waals surface area contributed by atoms with Crippen molar-refractivity contribution in [3.8, 4) is 6.07 Å². The quantitative estimate of drug-likeness (QED) is 0.656. The largest absolute Gasteiger partial charge is 0.450 e. The number of hydrogen-bond donors (Lipinski definition) is 1.